The molecule has 2 aromatic rings. The normalized spacial score (nSPS) is 14.3. The van der Waals surface area contributed by atoms with E-state index in [0.29, 0.717) is 0 Å². The average Bonchev–Trinajstić information content (AvgIpc) is 3.55. The summed E-state index contributed by atoms with van der Waals surface area (Å²) in [5.41, 5.74) is 24.7. The molecule has 0 aromatic heterocycles. The first-order valence-corrected chi connectivity index (χ1v) is 34.9. The molecular weight excluding hydrogens is 729 g/mol. The minimum Gasteiger partial charge on any atom is -0.493 e. The van der Waals surface area contributed by atoms with Crippen molar-refractivity contribution in [1.29, 1.82) is 0 Å². The van der Waals surface area contributed by atoms with E-state index in [1.54, 1.807) is 4.70 Å². The summed E-state index contributed by atoms with van der Waals surface area (Å²) in [6, 6.07) is 36.4. The van der Waals surface area contributed by atoms with E-state index in [2.05, 4.69) is 132 Å². The molecule has 0 unspecified atom stereocenters. The van der Waals surface area contributed by atoms with Gasteiger partial charge in [-0.1, -0.05) is 188 Å². The van der Waals surface area contributed by atoms with Crippen molar-refractivity contribution < 1.29 is 4.70 Å². The van der Waals surface area contributed by atoms with Crippen LogP contribution in [0.3, 0.4) is 0 Å². The molecule has 0 amide bonds. The molecule has 1 aliphatic heterocycles. The van der Waals surface area contributed by atoms with Crippen molar-refractivity contribution >= 4 is 43.7 Å². The van der Waals surface area contributed by atoms with Crippen molar-refractivity contribution in [3.05, 3.63) is 87.0 Å². The molecule has 0 fully saturated rings. The molecule has 55 heavy (non-hydrogen) atoms. The Morgan fingerprint density at radius 2 is 0.727 bits per heavy atom. The van der Waals surface area contributed by atoms with Crippen molar-refractivity contribution in [3.63, 3.8) is 0 Å². The molecule has 2 nitrogen and oxygen atoms in total. The van der Waals surface area contributed by atoms with Gasteiger partial charge in [0.15, 0.2) is 0 Å². The number of rotatable bonds is 26. The highest BCUT2D eigenvalue weighted by atomic mass is 28.3. The van der Waals surface area contributed by atoms with Crippen LogP contribution in [0.25, 0.3) is 16.9 Å². The summed E-state index contributed by atoms with van der Waals surface area (Å²) in [5.74, 6) is 0. The Hall–Kier alpha value is -1.61. The van der Waals surface area contributed by atoms with Gasteiger partial charge in [0, 0.05) is 22.8 Å². The number of unbranched alkanes of at least 4 members (excludes halogenated alkanes) is 2. The molecule has 1 aliphatic rings. The second-order valence-electron chi connectivity index (χ2n) is 18.2. The smallest absolute Gasteiger partial charge is 0.210 e. The fourth-order valence-corrected chi connectivity index (χ4v) is 23.6. The molecule has 0 aliphatic carbocycles. The molecule has 3 rings (SSSR count). The van der Waals surface area contributed by atoms with E-state index in [1.165, 1.54) is 149 Å². The van der Waals surface area contributed by atoms with E-state index in [4.69, 9.17) is 0 Å². The summed E-state index contributed by atoms with van der Waals surface area (Å²) < 4.78 is 1.66. The van der Waals surface area contributed by atoms with Gasteiger partial charge in [0.25, 0.3) is 0 Å². The molecule has 2 aromatic carbocycles. The molecule has 0 atom stereocenters. The first-order chi connectivity index (χ1) is 26.3. The van der Waals surface area contributed by atoms with Crippen LogP contribution in [0, 0.1) is 0 Å². The fraction of sp³-hybridized carbons (Fsp3) is 0.673. The maximum atomic E-state index is 12.7. The number of benzene rings is 2. The minimum atomic E-state index is -1.41. The van der Waals surface area contributed by atoms with Crippen LogP contribution in [-0.2, 0) is 24.2 Å². The molecule has 308 valence electrons. The lowest BCUT2D eigenvalue weighted by molar-refractivity contribution is -0.344. The summed E-state index contributed by atoms with van der Waals surface area (Å²) in [7, 11) is -5.64. The summed E-state index contributed by atoms with van der Waals surface area (Å²) in [6.45, 7) is 31.7. The number of hydrogen-bond acceptors (Lipinski definition) is 0. The van der Waals surface area contributed by atoms with Crippen LogP contribution in [0.4, 0.5) is 0 Å². The molecule has 0 radical (unpaired) electrons. The zero-order chi connectivity index (χ0) is 40.9. The van der Waals surface area contributed by atoms with Crippen LogP contribution in [0.5, 0.6) is 0 Å². The first kappa shape index (κ1) is 47.8. The van der Waals surface area contributed by atoms with Crippen LogP contribution in [0.15, 0.2) is 48.0 Å². The van der Waals surface area contributed by atoms with Gasteiger partial charge in [0.05, 0.1) is 32.3 Å². The van der Waals surface area contributed by atoms with Gasteiger partial charge in [0.1, 0.15) is 0 Å². The maximum absolute atomic E-state index is 12.7. The number of hydrogen-bond donors (Lipinski definition) is 0. The van der Waals surface area contributed by atoms with E-state index in [1.807, 2.05) is 0 Å². The third-order valence-electron chi connectivity index (χ3n) is 16.1. The van der Waals surface area contributed by atoms with Crippen LogP contribution >= 0.6 is 0 Å². The Bertz CT molecular complexity index is 1470. The molecule has 0 bridgehead atoms. The molecular formula is C49H86N2Si4. The zero-order valence-electron chi connectivity index (χ0n) is 38.6. The van der Waals surface area contributed by atoms with Crippen molar-refractivity contribution in [2.75, 3.05) is 0 Å². The van der Waals surface area contributed by atoms with E-state index in [0.717, 1.165) is 24.2 Å². The summed E-state index contributed by atoms with van der Waals surface area (Å²) in [5, 5.41) is 0. The highest BCUT2D eigenvalue weighted by Crippen LogP contribution is 2.41. The second kappa shape index (κ2) is 22.0. The van der Waals surface area contributed by atoms with E-state index in [9.17, 15) is 5.53 Å². The molecule has 0 spiro atoms. The van der Waals surface area contributed by atoms with E-state index < -0.39 is 32.3 Å². The van der Waals surface area contributed by atoms with Gasteiger partial charge >= 0.3 is 0 Å². The van der Waals surface area contributed by atoms with E-state index >= 15 is 0 Å². The topological polar surface area (TPSA) is 25.3 Å². The first-order valence-electron chi connectivity index (χ1n) is 23.6. The summed E-state index contributed by atoms with van der Waals surface area (Å²) in [6.07, 6.45) is 7.01. The van der Waals surface area contributed by atoms with E-state index in [-0.39, 0.29) is 0 Å². The van der Waals surface area contributed by atoms with Gasteiger partial charge in [0.2, 0.25) is 11.4 Å². The molecule has 0 N–H and O–H groups in total. The maximum Gasteiger partial charge on any atom is 0.210 e. The Balaban J connectivity index is 2.29. The summed E-state index contributed by atoms with van der Waals surface area (Å²) >= 11 is 0. The predicted molar refractivity (Wildman–Crippen MR) is 259 cm³/mol. The zero-order valence-corrected chi connectivity index (χ0v) is 42.6. The molecule has 6 heteroatoms. The molecule has 0 saturated heterocycles. The van der Waals surface area contributed by atoms with Gasteiger partial charge < -0.3 is 5.53 Å². The second-order valence-corrected chi connectivity index (χ2v) is 40.1. The third-order valence-corrected chi connectivity index (χ3v) is 38.7. The lowest BCUT2D eigenvalue weighted by Crippen LogP contribution is -2.36. The third kappa shape index (κ3) is 11.5. The van der Waals surface area contributed by atoms with Crippen LogP contribution in [-0.4, -0.2) is 37.0 Å². The van der Waals surface area contributed by atoms with Crippen LogP contribution < -0.4 is 0 Å². The SMILES string of the molecule is CCCCCC1=C(c2cc(C[Si](CC)(CC)CC)cc(C[Si](CC)(CC)CC)c2)[N+](=[N-])C(c2cc(C[Si](CC)(CC)CC)cc(C[Si](CC)(CC)CC)c2)=C1. The highest BCUT2D eigenvalue weighted by Gasteiger charge is 2.35. The highest BCUT2D eigenvalue weighted by molar-refractivity contribution is 6.80. The van der Waals surface area contributed by atoms with Gasteiger partial charge in [-0.25, -0.2) is 4.70 Å². The monoisotopic (exact) mass is 815 g/mol. The standard InChI is InChI=1S/C49H86N2Si4/c1-14-27-28-29-45-36-48(46-32-41(37-52(15-2,16-3)17-4)30-42(33-46)38-53(18-5,19-6)20-7)51(50)49(45)47-34-43(39-54(21-8,22-9)23-10)31-44(35-47)40-55(24-11,25-12)26-13/h30-36H,14-29,37-40H2,1-13H3. The van der Waals surface area contributed by atoms with Gasteiger partial charge in [-0.15, -0.1) is 0 Å². The predicted octanol–water partition coefficient (Wildman–Crippen LogP) is 16.4. The Labute approximate surface area is 346 Å². The van der Waals surface area contributed by atoms with Gasteiger partial charge in [-0.2, -0.15) is 0 Å². The minimum absolute atomic E-state index is 1.00. The lowest BCUT2D eigenvalue weighted by atomic mass is 9.99. The number of allylic oxidation sites excluding steroid dienone is 2. The lowest BCUT2D eigenvalue weighted by Gasteiger charge is -2.31. The number of nitrogens with zero attached hydrogens (tertiary/aromatic N) is 2. The fourth-order valence-electron chi connectivity index (χ4n) is 10.3. The van der Waals surface area contributed by atoms with Gasteiger partial charge in [-0.05, 0) is 83.5 Å². The van der Waals surface area contributed by atoms with Crippen LogP contribution in [0.2, 0.25) is 72.5 Å². The van der Waals surface area contributed by atoms with Crippen LogP contribution in [0.1, 0.15) is 149 Å². The van der Waals surface area contributed by atoms with Gasteiger partial charge in [-0.3, -0.25) is 0 Å². The Morgan fingerprint density at radius 3 is 1.02 bits per heavy atom. The van der Waals surface area contributed by atoms with Crippen molar-refractivity contribution in [2.24, 2.45) is 0 Å². The Kier molecular flexibility index (Phi) is 19.1. The largest absolute Gasteiger partial charge is 0.493 e. The Morgan fingerprint density at radius 1 is 0.418 bits per heavy atom. The summed E-state index contributed by atoms with van der Waals surface area (Å²) in [4.78, 5) is 0. The van der Waals surface area contributed by atoms with Crippen molar-refractivity contribution in [2.45, 2.75) is 212 Å². The van der Waals surface area contributed by atoms with Crippen molar-refractivity contribution in [1.82, 2.24) is 0 Å². The molecule has 1 heterocycles. The quantitative estimate of drug-likeness (QED) is 0.0514. The molecule has 0 saturated carbocycles. The van der Waals surface area contributed by atoms with Crippen molar-refractivity contribution in [3.8, 4) is 0 Å². The average molecular weight is 816 g/mol.